The van der Waals surface area contributed by atoms with Crippen molar-refractivity contribution in [3.63, 3.8) is 0 Å². The number of allylic oxidation sites excluding steroid dienone is 2. The summed E-state index contributed by atoms with van der Waals surface area (Å²) in [4.78, 5) is 43.8. The lowest BCUT2D eigenvalue weighted by Gasteiger charge is -2.40. The van der Waals surface area contributed by atoms with Crippen molar-refractivity contribution in [2.45, 2.75) is 212 Å². The van der Waals surface area contributed by atoms with Crippen LogP contribution in [0, 0.1) is 11.8 Å². The van der Waals surface area contributed by atoms with E-state index in [9.17, 15) is 27.6 Å². The Labute approximate surface area is 496 Å². The summed E-state index contributed by atoms with van der Waals surface area (Å²) >= 11 is 0. The number of rotatable bonds is 24. The predicted octanol–water partition coefficient (Wildman–Crippen LogP) is 17.1. The zero-order chi connectivity index (χ0) is 62.0. The second kappa shape index (κ2) is 27.9. The van der Waals surface area contributed by atoms with Gasteiger partial charge in [-0.1, -0.05) is 123 Å². The van der Waals surface area contributed by atoms with Gasteiger partial charge >= 0.3 is 18.2 Å². The summed E-state index contributed by atoms with van der Waals surface area (Å²) in [5.74, 6) is -1.35. The zero-order valence-electron chi connectivity index (χ0n) is 52.8. The van der Waals surface area contributed by atoms with Crippen molar-refractivity contribution in [3.05, 3.63) is 126 Å². The number of halogens is 3. The number of unbranched alkanes of at least 4 members (excludes halogenated alkanes) is 1. The number of fused-ring (bicyclic) bond motifs is 1. The molecule has 83 heavy (non-hydrogen) atoms. The Morgan fingerprint density at radius 2 is 1.39 bits per heavy atom. The number of amides is 2. The first-order valence-electron chi connectivity index (χ1n) is 29.3. The maximum absolute atomic E-state index is 13.8. The van der Waals surface area contributed by atoms with Crippen LogP contribution >= 0.6 is 0 Å². The molecule has 3 unspecified atom stereocenters. The second-order valence-electron chi connectivity index (χ2n) is 27.8. The number of aromatic nitrogens is 1. The van der Waals surface area contributed by atoms with Crippen LogP contribution in [-0.2, 0) is 45.1 Å². The van der Waals surface area contributed by atoms with Crippen LogP contribution in [0.25, 0.3) is 10.8 Å². The number of pyridine rings is 1. The van der Waals surface area contributed by atoms with E-state index in [1.165, 1.54) is 6.07 Å². The molecule has 458 valence electrons. The lowest BCUT2D eigenvalue weighted by Crippen LogP contribution is -2.45. The van der Waals surface area contributed by atoms with Crippen molar-refractivity contribution in [2.24, 2.45) is 11.8 Å². The molecule has 1 saturated carbocycles. The van der Waals surface area contributed by atoms with Gasteiger partial charge in [0, 0.05) is 42.4 Å². The van der Waals surface area contributed by atoms with Crippen LogP contribution in [0.2, 0.25) is 54.4 Å². The highest BCUT2D eigenvalue weighted by atomic mass is 28.4. The molecule has 5 rings (SSSR count). The highest BCUT2D eigenvalue weighted by molar-refractivity contribution is 6.75. The largest absolute Gasteiger partial charge is 0.491 e. The molecule has 6 atom stereocenters. The van der Waals surface area contributed by atoms with Gasteiger partial charge in [0.25, 0.3) is 0 Å². The van der Waals surface area contributed by atoms with E-state index in [-0.39, 0.29) is 83.0 Å². The van der Waals surface area contributed by atoms with E-state index in [2.05, 4.69) is 142 Å². The van der Waals surface area contributed by atoms with Crippen molar-refractivity contribution >= 4 is 59.4 Å². The van der Waals surface area contributed by atoms with Gasteiger partial charge in [0.1, 0.15) is 24.6 Å². The number of hydrogen-bond acceptors (Lipinski definition) is 10. The molecular weight excluding hydrogens is 1110 g/mol. The Morgan fingerprint density at radius 1 is 0.747 bits per heavy atom. The van der Waals surface area contributed by atoms with Crippen molar-refractivity contribution in [1.82, 2.24) is 10.3 Å². The molecule has 1 aliphatic rings. The minimum atomic E-state index is -4.51. The Kier molecular flexibility index (Phi) is 23.1. The number of anilines is 1. The number of nitrogens with zero attached hydrogens (tertiary/aromatic N) is 1. The molecule has 18 heteroatoms. The molecule has 4 aromatic rings. The molecule has 1 aliphatic carbocycles. The summed E-state index contributed by atoms with van der Waals surface area (Å²) < 4.78 is 80.3. The normalized spacial score (nSPS) is 18.6. The van der Waals surface area contributed by atoms with Gasteiger partial charge in [-0.05, 0) is 160 Å². The number of esters is 1. The fourth-order valence-electron chi connectivity index (χ4n) is 8.98. The average molecular weight is 1200 g/mol. The fraction of sp³-hybridized carbons (Fsp3) is 0.569. The maximum atomic E-state index is 13.8. The van der Waals surface area contributed by atoms with Gasteiger partial charge < -0.3 is 38.1 Å². The van der Waals surface area contributed by atoms with Crippen LogP contribution in [0.4, 0.5) is 23.7 Å². The minimum Gasteiger partial charge on any atom is -0.491 e. The molecule has 2 N–H and O–H groups in total. The van der Waals surface area contributed by atoms with Crippen LogP contribution in [0.1, 0.15) is 138 Å². The van der Waals surface area contributed by atoms with E-state index >= 15 is 0 Å². The Morgan fingerprint density at radius 3 is 2.00 bits per heavy atom. The molecule has 1 heterocycles. The molecule has 0 bridgehead atoms. The highest BCUT2D eigenvalue weighted by Gasteiger charge is 2.51. The molecule has 12 nitrogen and oxygen atoms in total. The van der Waals surface area contributed by atoms with E-state index in [0.717, 1.165) is 28.5 Å². The monoisotopic (exact) mass is 1200 g/mol. The number of hydrogen-bond donors (Lipinski definition) is 2. The van der Waals surface area contributed by atoms with Gasteiger partial charge in [-0.25, -0.2) is 4.79 Å². The number of carbonyl (C=O) groups is 3. The maximum Gasteiger partial charge on any atom is 0.416 e. The number of alkyl halides is 3. The third-order valence-corrected chi connectivity index (χ3v) is 30.4. The van der Waals surface area contributed by atoms with E-state index in [0.29, 0.717) is 36.9 Å². The van der Waals surface area contributed by atoms with Gasteiger partial charge in [0.15, 0.2) is 25.0 Å². The Balaban J connectivity index is 1.30. The Bertz CT molecular complexity index is 2850. The van der Waals surface area contributed by atoms with E-state index in [1.54, 1.807) is 51.4 Å². The first kappa shape index (κ1) is 68.7. The molecule has 0 saturated heterocycles. The van der Waals surface area contributed by atoms with Crippen LogP contribution in [0.3, 0.4) is 0 Å². The highest BCUT2D eigenvalue weighted by Crippen LogP contribution is 2.48. The third kappa shape index (κ3) is 20.5. The number of nitrogens with one attached hydrogen (secondary N) is 2. The summed E-state index contributed by atoms with van der Waals surface area (Å²) in [6.07, 6.45) is 8.94. The lowest BCUT2D eigenvalue weighted by molar-refractivity contribution is -0.145. The summed E-state index contributed by atoms with van der Waals surface area (Å²) in [6.45, 7) is 38.8. The topological polar surface area (TPSA) is 144 Å². The summed E-state index contributed by atoms with van der Waals surface area (Å²) in [6, 6.07) is 19.6. The van der Waals surface area contributed by atoms with Crippen LogP contribution in [0.15, 0.2) is 109 Å². The number of benzene rings is 3. The number of ether oxygens (including phenoxy) is 3. The van der Waals surface area contributed by atoms with E-state index < -0.39 is 60.4 Å². The first-order valence-corrected chi connectivity index (χ1v) is 38.0. The molecular formula is C65H96F3N3O9Si3. The molecule has 2 amide bonds. The van der Waals surface area contributed by atoms with Crippen molar-refractivity contribution in [1.29, 1.82) is 0 Å². The van der Waals surface area contributed by atoms with Crippen LogP contribution in [-0.4, -0.2) is 85.0 Å². The summed E-state index contributed by atoms with van der Waals surface area (Å²) in [5, 5.41) is 7.36. The summed E-state index contributed by atoms with van der Waals surface area (Å²) in [7, 11) is -7.01. The van der Waals surface area contributed by atoms with Crippen molar-refractivity contribution in [2.75, 3.05) is 18.5 Å². The van der Waals surface area contributed by atoms with Crippen molar-refractivity contribution < 1.29 is 55.0 Å². The second-order valence-corrected chi connectivity index (χ2v) is 42.1. The van der Waals surface area contributed by atoms with Crippen LogP contribution in [0.5, 0.6) is 5.75 Å². The minimum absolute atomic E-state index is 0.0163. The average Bonchev–Trinajstić information content (AvgIpc) is 3.31. The van der Waals surface area contributed by atoms with Gasteiger partial charge in [-0.2, -0.15) is 13.2 Å². The van der Waals surface area contributed by atoms with Gasteiger partial charge in [0.2, 0.25) is 5.91 Å². The Hall–Kier alpha value is -5.12. The van der Waals surface area contributed by atoms with Crippen LogP contribution < -0.4 is 15.4 Å². The number of carbonyl (C=O) groups excluding carboxylic acids is 3. The predicted molar refractivity (Wildman–Crippen MR) is 335 cm³/mol. The molecule has 1 aromatic heterocycles. The van der Waals surface area contributed by atoms with Gasteiger partial charge in [-0.15, -0.1) is 0 Å². The van der Waals surface area contributed by atoms with E-state index in [4.69, 9.17) is 27.5 Å². The smallest absolute Gasteiger partial charge is 0.416 e. The standard InChI is InChI=1S/C65H96F3N3O9Si3/c1-61(2,3)77-60(74)70-42-55(59(73)71-50-33-32-48-41-69-37-36-47(48)38-50)46-30-28-45(29-31-46)43-76-58(72)27-22-20-19-21-26-53-54(57(80-83(17,18)64(10,11)12)40-56(53)79-82(15,16)63(7,8)9)35-34-52(78-81(13,14)62(4,5)6)44-75-51-25-23-24-49(39-51)65(66,67)68/h19,21,23-25,28-39,41,52-57H,20,22,26-27,40,42-44H2,1-18H3,(H,70,74)(H,71,73)/b21-19-,35-34+/t52-,53-,54-,55?,56?,57?/m1/s1. The first-order chi connectivity index (χ1) is 38.2. The number of alkyl carbamates (subject to hydrolysis) is 1. The van der Waals surface area contributed by atoms with Gasteiger partial charge in [-0.3, -0.25) is 14.6 Å². The lowest BCUT2D eigenvalue weighted by atomic mass is 9.89. The van der Waals surface area contributed by atoms with E-state index in [1.807, 2.05) is 36.4 Å². The molecule has 3 aromatic carbocycles. The van der Waals surface area contributed by atoms with Crippen molar-refractivity contribution in [3.8, 4) is 5.75 Å². The molecule has 0 aliphatic heterocycles. The summed E-state index contributed by atoms with van der Waals surface area (Å²) in [5.41, 5.74) is 0.516. The fourth-order valence-corrected chi connectivity index (χ4v) is 13.0. The van der Waals surface area contributed by atoms with Gasteiger partial charge in [0.05, 0.1) is 29.8 Å². The zero-order valence-corrected chi connectivity index (χ0v) is 55.8. The quantitative estimate of drug-likeness (QED) is 0.0301. The third-order valence-electron chi connectivity index (χ3n) is 16.9. The SMILES string of the molecule is CC(C)(C)OC(=O)NCC(C(=O)Nc1ccc2cnccc2c1)c1ccc(COC(=O)CCC/C=C\C[C@H]2C(O[Si](C)(C)C(C)(C)C)CC(O[Si](C)(C)C(C)(C)C)[C@@H]2/C=C/[C@H](COc2cccc(C(F)(F)F)c2)O[Si](C)(C)C(C)(C)C)cc1. The molecule has 0 radical (unpaired) electrons. The molecule has 0 spiro atoms. The molecule has 1 fully saturated rings.